The van der Waals surface area contributed by atoms with Crippen molar-refractivity contribution in [2.45, 2.75) is 18.2 Å². The molecule has 0 atom stereocenters. The maximum absolute atomic E-state index is 13.0. The second-order valence-electron chi connectivity index (χ2n) is 5.88. The van der Waals surface area contributed by atoms with E-state index < -0.39 is 10.0 Å². The van der Waals surface area contributed by atoms with Crippen LogP contribution in [0, 0.1) is 6.92 Å². The van der Waals surface area contributed by atoms with Gasteiger partial charge in [-0.05, 0) is 49.2 Å². The highest BCUT2D eigenvalue weighted by Gasteiger charge is 2.31. The molecule has 1 aromatic heterocycles. The minimum atomic E-state index is -3.61. The Morgan fingerprint density at radius 3 is 2.76 bits per heavy atom. The van der Waals surface area contributed by atoms with E-state index in [1.807, 2.05) is 30.5 Å². The quantitative estimate of drug-likeness (QED) is 0.660. The van der Waals surface area contributed by atoms with Gasteiger partial charge in [-0.2, -0.15) is 0 Å². The van der Waals surface area contributed by atoms with E-state index in [-0.39, 0.29) is 4.90 Å². The highest BCUT2D eigenvalue weighted by atomic mass is 35.5. The second-order valence-corrected chi connectivity index (χ2v) is 9.24. The van der Waals surface area contributed by atoms with Gasteiger partial charge in [0.15, 0.2) is 0 Å². The highest BCUT2D eigenvalue weighted by Crippen LogP contribution is 2.36. The lowest BCUT2D eigenvalue weighted by atomic mass is 10.1. The number of fused-ring (bicyclic) bond motifs is 1. The Kier molecular flexibility index (Phi) is 4.06. The lowest BCUT2D eigenvalue weighted by Crippen LogP contribution is -2.29. The van der Waals surface area contributed by atoms with E-state index in [4.69, 9.17) is 11.6 Å². The van der Waals surface area contributed by atoms with E-state index in [2.05, 4.69) is 4.98 Å². The van der Waals surface area contributed by atoms with Crippen LogP contribution in [0.3, 0.4) is 0 Å². The summed E-state index contributed by atoms with van der Waals surface area (Å²) in [6, 6.07) is 12.2. The first-order chi connectivity index (χ1) is 11.9. The van der Waals surface area contributed by atoms with Crippen molar-refractivity contribution in [2.24, 2.45) is 0 Å². The fourth-order valence-electron chi connectivity index (χ4n) is 3.03. The first-order valence-corrected chi connectivity index (χ1v) is 10.5. The summed E-state index contributed by atoms with van der Waals surface area (Å²) in [6.45, 7) is 2.41. The molecular weight excluding hydrogens is 376 g/mol. The average molecular weight is 391 g/mol. The third-order valence-electron chi connectivity index (χ3n) is 4.23. The first kappa shape index (κ1) is 16.6. The molecule has 0 radical (unpaired) electrons. The van der Waals surface area contributed by atoms with Crippen molar-refractivity contribution in [3.05, 3.63) is 63.4 Å². The molecule has 0 aliphatic carbocycles. The molecule has 4 nitrogen and oxygen atoms in total. The van der Waals surface area contributed by atoms with Gasteiger partial charge >= 0.3 is 0 Å². The summed E-state index contributed by atoms with van der Waals surface area (Å²) in [7, 11) is -3.61. The normalized spacial score (nSPS) is 13.9. The molecule has 4 rings (SSSR count). The summed E-state index contributed by atoms with van der Waals surface area (Å²) in [5, 5.41) is 3.45. The van der Waals surface area contributed by atoms with Crippen molar-refractivity contribution < 1.29 is 8.42 Å². The number of aromatic nitrogens is 1. The molecule has 3 aromatic rings. The summed E-state index contributed by atoms with van der Waals surface area (Å²) < 4.78 is 27.4. The van der Waals surface area contributed by atoms with Gasteiger partial charge in [-0.3, -0.25) is 4.31 Å². The number of rotatable bonds is 3. The third kappa shape index (κ3) is 2.94. The molecule has 7 heteroatoms. The topological polar surface area (TPSA) is 50.3 Å². The smallest absolute Gasteiger partial charge is 0.264 e. The standard InChI is InChI=1S/C18H15ClN2O2S2/c1-12-20-17(11-24-12)13-5-6-18-14(9-13)7-8-21(18)25(22,23)16-4-2-3-15(19)10-16/h2-6,9-11H,7-8H2,1H3. The Labute approximate surface area is 155 Å². The monoisotopic (exact) mass is 390 g/mol. The zero-order valence-corrected chi connectivity index (χ0v) is 15.8. The average Bonchev–Trinajstić information content (AvgIpc) is 3.20. The van der Waals surface area contributed by atoms with E-state index in [9.17, 15) is 8.42 Å². The number of aryl methyl sites for hydroxylation is 1. The summed E-state index contributed by atoms with van der Waals surface area (Å²) in [4.78, 5) is 4.72. The van der Waals surface area contributed by atoms with Crippen LogP contribution in [0.2, 0.25) is 5.02 Å². The Balaban J connectivity index is 1.73. The molecule has 0 spiro atoms. The number of hydrogen-bond acceptors (Lipinski definition) is 4. The largest absolute Gasteiger partial charge is 0.266 e. The van der Waals surface area contributed by atoms with Crippen LogP contribution >= 0.6 is 22.9 Å². The van der Waals surface area contributed by atoms with Gasteiger partial charge in [0.25, 0.3) is 10.0 Å². The van der Waals surface area contributed by atoms with Crippen molar-refractivity contribution >= 4 is 38.6 Å². The predicted octanol–water partition coefficient (Wildman–Crippen LogP) is 4.52. The van der Waals surface area contributed by atoms with Crippen LogP contribution in [0.4, 0.5) is 5.69 Å². The van der Waals surface area contributed by atoms with Crippen LogP contribution in [0.1, 0.15) is 10.6 Å². The molecule has 0 saturated carbocycles. The van der Waals surface area contributed by atoms with Gasteiger partial charge in [0.1, 0.15) is 0 Å². The predicted molar refractivity (Wildman–Crippen MR) is 102 cm³/mol. The maximum atomic E-state index is 13.0. The molecule has 0 unspecified atom stereocenters. The number of benzene rings is 2. The van der Waals surface area contributed by atoms with E-state index in [0.29, 0.717) is 18.0 Å². The summed E-state index contributed by atoms with van der Waals surface area (Å²) >= 11 is 7.57. The molecule has 0 N–H and O–H groups in total. The molecule has 1 aliphatic heterocycles. The van der Waals surface area contributed by atoms with Gasteiger partial charge in [0, 0.05) is 22.5 Å². The van der Waals surface area contributed by atoms with Gasteiger partial charge in [-0.25, -0.2) is 13.4 Å². The molecule has 25 heavy (non-hydrogen) atoms. The summed E-state index contributed by atoms with van der Waals surface area (Å²) in [5.41, 5.74) is 3.70. The number of anilines is 1. The zero-order chi connectivity index (χ0) is 17.6. The molecule has 1 aliphatic rings. The fourth-order valence-corrected chi connectivity index (χ4v) is 5.46. The fraction of sp³-hybridized carbons (Fsp3) is 0.167. The number of thiazole rings is 1. The first-order valence-electron chi connectivity index (χ1n) is 7.79. The molecule has 2 heterocycles. The van der Waals surface area contributed by atoms with Gasteiger partial charge in [0.05, 0.1) is 21.3 Å². The molecule has 0 amide bonds. The van der Waals surface area contributed by atoms with E-state index >= 15 is 0 Å². The van der Waals surface area contributed by atoms with E-state index in [1.54, 1.807) is 29.5 Å². The summed E-state index contributed by atoms with van der Waals surface area (Å²) in [6.07, 6.45) is 0.687. The lowest BCUT2D eigenvalue weighted by molar-refractivity contribution is 0.592. The van der Waals surface area contributed by atoms with Crippen molar-refractivity contribution in [1.82, 2.24) is 4.98 Å². The number of halogens is 1. The van der Waals surface area contributed by atoms with E-state index in [1.165, 1.54) is 10.4 Å². The Bertz CT molecular complexity index is 1060. The van der Waals surface area contributed by atoms with Gasteiger partial charge in [0.2, 0.25) is 0 Å². The number of nitrogens with zero attached hydrogens (tertiary/aromatic N) is 2. The van der Waals surface area contributed by atoms with Crippen molar-refractivity contribution in [3.63, 3.8) is 0 Å². The molecule has 0 saturated heterocycles. The van der Waals surface area contributed by atoms with Crippen LogP contribution in [0.15, 0.2) is 52.7 Å². The van der Waals surface area contributed by atoms with Crippen LogP contribution in [0.5, 0.6) is 0 Å². The summed E-state index contributed by atoms with van der Waals surface area (Å²) in [5.74, 6) is 0. The molecule has 0 fully saturated rings. The van der Waals surface area contributed by atoms with Gasteiger partial charge in [-0.1, -0.05) is 23.7 Å². The molecule has 0 bridgehead atoms. The maximum Gasteiger partial charge on any atom is 0.264 e. The van der Waals surface area contributed by atoms with Crippen LogP contribution in [-0.2, 0) is 16.4 Å². The SMILES string of the molecule is Cc1nc(-c2ccc3c(c2)CCN3S(=O)(=O)c2cccc(Cl)c2)cs1. The molecular formula is C18H15ClN2O2S2. The minimum Gasteiger partial charge on any atom is -0.266 e. The van der Waals surface area contributed by atoms with Crippen molar-refractivity contribution in [3.8, 4) is 11.3 Å². The van der Waals surface area contributed by atoms with Crippen LogP contribution < -0.4 is 4.31 Å². The van der Waals surface area contributed by atoms with Crippen LogP contribution in [0.25, 0.3) is 11.3 Å². The Hall–Kier alpha value is -1.89. The van der Waals surface area contributed by atoms with E-state index in [0.717, 1.165) is 27.5 Å². The zero-order valence-electron chi connectivity index (χ0n) is 13.4. The lowest BCUT2D eigenvalue weighted by Gasteiger charge is -2.19. The second kappa shape index (κ2) is 6.12. The molecule has 2 aromatic carbocycles. The Morgan fingerprint density at radius 1 is 1.20 bits per heavy atom. The molecule has 128 valence electrons. The third-order valence-corrected chi connectivity index (χ3v) is 7.05. The van der Waals surface area contributed by atoms with Crippen LogP contribution in [-0.4, -0.2) is 19.9 Å². The minimum absolute atomic E-state index is 0.215. The van der Waals surface area contributed by atoms with Crippen molar-refractivity contribution in [2.75, 3.05) is 10.8 Å². The number of sulfonamides is 1. The highest BCUT2D eigenvalue weighted by molar-refractivity contribution is 7.92. The van der Waals surface area contributed by atoms with Crippen molar-refractivity contribution in [1.29, 1.82) is 0 Å². The van der Waals surface area contributed by atoms with Gasteiger partial charge < -0.3 is 0 Å². The van der Waals surface area contributed by atoms with Gasteiger partial charge in [-0.15, -0.1) is 11.3 Å². The number of hydrogen-bond donors (Lipinski definition) is 0. The Morgan fingerprint density at radius 2 is 2.04 bits per heavy atom.